The maximum Gasteiger partial charge on any atom is 0.225 e. The maximum absolute atomic E-state index is 12.9. The van der Waals surface area contributed by atoms with E-state index in [1.54, 1.807) is 0 Å². The predicted molar refractivity (Wildman–Crippen MR) is 152 cm³/mol. The van der Waals surface area contributed by atoms with Gasteiger partial charge in [0.15, 0.2) is 5.82 Å². The van der Waals surface area contributed by atoms with Crippen molar-refractivity contribution in [3.8, 4) is 22.4 Å². The highest BCUT2D eigenvalue weighted by molar-refractivity contribution is 5.91. The second-order valence-electron chi connectivity index (χ2n) is 10.9. The molecule has 0 saturated heterocycles. The van der Waals surface area contributed by atoms with Crippen LogP contribution in [-0.2, 0) is 15.1 Å². The van der Waals surface area contributed by atoms with E-state index in [9.17, 15) is 9.59 Å². The number of nitrogens with one attached hydrogen (secondary N) is 1. The Kier molecular flexibility index (Phi) is 8.57. The molecule has 1 saturated carbocycles. The Morgan fingerprint density at radius 2 is 1.63 bits per heavy atom. The van der Waals surface area contributed by atoms with Crippen LogP contribution < -0.4 is 11.1 Å². The SMILES string of the molecule is CCC(=O)N(C)[C@H]1CC[C@H](CC(=O)Nc2cc(-c3ccccc3)c(-c3ccc(C(C)(C)N)cc3)nn2)CC1. The molecule has 0 unspecified atom stereocenters. The monoisotopic (exact) mass is 513 g/mol. The zero-order chi connectivity index (χ0) is 27.3. The molecule has 1 fully saturated rings. The Labute approximate surface area is 225 Å². The number of benzene rings is 2. The lowest BCUT2D eigenvalue weighted by Crippen LogP contribution is -2.39. The normalized spacial score (nSPS) is 17.6. The largest absolute Gasteiger partial charge is 0.343 e. The maximum atomic E-state index is 12.9. The first-order valence-electron chi connectivity index (χ1n) is 13.5. The minimum atomic E-state index is -0.428. The van der Waals surface area contributed by atoms with Gasteiger partial charge in [0.05, 0.1) is 0 Å². The molecule has 1 aromatic heterocycles. The van der Waals surface area contributed by atoms with Crippen molar-refractivity contribution in [1.82, 2.24) is 15.1 Å². The highest BCUT2D eigenvalue weighted by atomic mass is 16.2. The number of carbonyl (C=O) groups is 2. The number of amides is 2. The van der Waals surface area contributed by atoms with E-state index in [4.69, 9.17) is 5.73 Å². The fraction of sp³-hybridized carbons (Fsp3) is 0.419. The van der Waals surface area contributed by atoms with Gasteiger partial charge in [-0.25, -0.2) is 0 Å². The third-order valence-corrected chi connectivity index (χ3v) is 7.58. The molecule has 3 aromatic rings. The molecule has 7 heteroatoms. The quantitative estimate of drug-likeness (QED) is 0.399. The van der Waals surface area contributed by atoms with E-state index in [1.807, 2.05) is 93.4 Å². The lowest BCUT2D eigenvalue weighted by molar-refractivity contribution is -0.132. The minimum Gasteiger partial charge on any atom is -0.343 e. The number of nitrogens with zero attached hydrogens (tertiary/aromatic N) is 3. The summed E-state index contributed by atoms with van der Waals surface area (Å²) in [6, 6.07) is 20.3. The molecule has 0 atom stereocenters. The van der Waals surface area contributed by atoms with Gasteiger partial charge in [-0.05, 0) is 62.6 Å². The fourth-order valence-electron chi connectivity index (χ4n) is 5.21. The van der Waals surface area contributed by atoms with Crippen LogP contribution in [0.4, 0.5) is 5.82 Å². The van der Waals surface area contributed by atoms with Gasteiger partial charge in [0.25, 0.3) is 0 Å². The lowest BCUT2D eigenvalue weighted by atomic mass is 9.83. The van der Waals surface area contributed by atoms with Crippen LogP contribution in [0.15, 0.2) is 60.7 Å². The fourth-order valence-corrected chi connectivity index (χ4v) is 5.21. The van der Waals surface area contributed by atoms with E-state index < -0.39 is 5.54 Å². The molecule has 1 aliphatic carbocycles. The summed E-state index contributed by atoms with van der Waals surface area (Å²) in [5, 5.41) is 11.9. The number of hydrogen-bond acceptors (Lipinski definition) is 5. The molecule has 0 spiro atoms. The number of hydrogen-bond donors (Lipinski definition) is 2. The van der Waals surface area contributed by atoms with Crippen molar-refractivity contribution in [1.29, 1.82) is 0 Å². The van der Waals surface area contributed by atoms with Crippen LogP contribution in [0.1, 0.15) is 64.9 Å². The second kappa shape index (κ2) is 11.9. The first-order valence-corrected chi connectivity index (χ1v) is 13.5. The Morgan fingerprint density at radius 3 is 2.24 bits per heavy atom. The average molecular weight is 514 g/mol. The number of aromatic nitrogens is 2. The molecule has 0 bridgehead atoms. The lowest BCUT2D eigenvalue weighted by Gasteiger charge is -2.34. The minimum absolute atomic E-state index is 0.0537. The topological polar surface area (TPSA) is 101 Å². The summed E-state index contributed by atoms with van der Waals surface area (Å²) >= 11 is 0. The Bertz CT molecular complexity index is 1240. The molecule has 38 heavy (non-hydrogen) atoms. The summed E-state index contributed by atoms with van der Waals surface area (Å²) in [7, 11) is 1.89. The molecular formula is C31H39N5O2. The molecule has 200 valence electrons. The van der Waals surface area contributed by atoms with Gasteiger partial charge in [-0.1, -0.05) is 61.5 Å². The van der Waals surface area contributed by atoms with Crippen molar-refractivity contribution in [2.45, 2.75) is 70.9 Å². The first kappa shape index (κ1) is 27.5. The summed E-state index contributed by atoms with van der Waals surface area (Å²) in [5.41, 5.74) is 10.5. The highest BCUT2D eigenvalue weighted by Gasteiger charge is 2.27. The molecular weight excluding hydrogens is 474 g/mol. The zero-order valence-corrected chi connectivity index (χ0v) is 22.9. The van der Waals surface area contributed by atoms with Crippen LogP contribution in [0.25, 0.3) is 22.4 Å². The number of anilines is 1. The van der Waals surface area contributed by atoms with Gasteiger partial charge in [0.1, 0.15) is 5.69 Å². The van der Waals surface area contributed by atoms with Crippen LogP contribution in [0, 0.1) is 5.92 Å². The van der Waals surface area contributed by atoms with Crippen molar-refractivity contribution in [2.24, 2.45) is 11.7 Å². The Balaban J connectivity index is 1.47. The van der Waals surface area contributed by atoms with Gasteiger partial charge in [0, 0.05) is 42.6 Å². The molecule has 0 aliphatic heterocycles. The van der Waals surface area contributed by atoms with E-state index in [2.05, 4.69) is 15.5 Å². The van der Waals surface area contributed by atoms with Gasteiger partial charge in [-0.2, -0.15) is 0 Å². The van der Waals surface area contributed by atoms with Crippen molar-refractivity contribution >= 4 is 17.6 Å². The van der Waals surface area contributed by atoms with Crippen molar-refractivity contribution in [3.63, 3.8) is 0 Å². The van der Waals surface area contributed by atoms with Crippen LogP contribution in [0.3, 0.4) is 0 Å². The summed E-state index contributed by atoms with van der Waals surface area (Å²) < 4.78 is 0. The van der Waals surface area contributed by atoms with E-state index in [0.717, 1.165) is 53.6 Å². The van der Waals surface area contributed by atoms with E-state index in [0.29, 0.717) is 24.6 Å². The number of rotatable bonds is 8. The van der Waals surface area contributed by atoms with Gasteiger partial charge in [-0.3, -0.25) is 9.59 Å². The Hall–Kier alpha value is -3.58. The molecule has 3 N–H and O–H groups in total. The van der Waals surface area contributed by atoms with Crippen molar-refractivity contribution in [2.75, 3.05) is 12.4 Å². The molecule has 4 rings (SSSR count). The molecule has 1 aliphatic rings. The van der Waals surface area contributed by atoms with Gasteiger partial charge < -0.3 is 16.0 Å². The van der Waals surface area contributed by atoms with Crippen LogP contribution in [-0.4, -0.2) is 40.0 Å². The Morgan fingerprint density at radius 1 is 0.974 bits per heavy atom. The highest BCUT2D eigenvalue weighted by Crippen LogP contribution is 2.33. The molecule has 7 nitrogen and oxygen atoms in total. The third kappa shape index (κ3) is 6.64. The van der Waals surface area contributed by atoms with Crippen LogP contribution >= 0.6 is 0 Å². The van der Waals surface area contributed by atoms with E-state index >= 15 is 0 Å². The summed E-state index contributed by atoms with van der Waals surface area (Å²) in [5.74, 6) is 0.880. The average Bonchev–Trinajstić information content (AvgIpc) is 2.92. The molecule has 2 aromatic carbocycles. The van der Waals surface area contributed by atoms with Crippen LogP contribution in [0.5, 0.6) is 0 Å². The predicted octanol–water partition coefficient (Wildman–Crippen LogP) is 5.76. The van der Waals surface area contributed by atoms with Crippen molar-refractivity contribution in [3.05, 3.63) is 66.2 Å². The third-order valence-electron chi connectivity index (χ3n) is 7.58. The summed E-state index contributed by atoms with van der Waals surface area (Å²) in [6.07, 6.45) is 4.73. The zero-order valence-electron chi connectivity index (χ0n) is 22.9. The van der Waals surface area contributed by atoms with Crippen LogP contribution in [0.2, 0.25) is 0 Å². The summed E-state index contributed by atoms with van der Waals surface area (Å²) in [4.78, 5) is 26.8. The molecule has 2 amide bonds. The van der Waals surface area contributed by atoms with E-state index in [1.165, 1.54) is 0 Å². The van der Waals surface area contributed by atoms with E-state index in [-0.39, 0.29) is 17.9 Å². The van der Waals surface area contributed by atoms with Crippen molar-refractivity contribution < 1.29 is 9.59 Å². The smallest absolute Gasteiger partial charge is 0.225 e. The van der Waals surface area contributed by atoms with Gasteiger partial charge in [-0.15, -0.1) is 10.2 Å². The summed E-state index contributed by atoms with van der Waals surface area (Å²) in [6.45, 7) is 5.85. The second-order valence-corrected chi connectivity index (χ2v) is 10.9. The molecule has 0 radical (unpaired) electrons. The number of nitrogens with two attached hydrogens (primary N) is 1. The standard InChI is InChI=1S/C31H39N5O2/c1-5-29(38)36(4)25-17-11-21(12-18-25)19-28(37)33-27-20-26(22-9-7-6-8-10-22)30(35-34-27)23-13-15-24(16-14-23)31(2,3)32/h6-10,13-16,20-21,25H,5,11-12,17-19,32H2,1-4H3,(H,33,34,37)/t21-,25-. The first-order chi connectivity index (χ1) is 18.2. The van der Waals surface area contributed by atoms with Gasteiger partial charge in [0.2, 0.25) is 11.8 Å². The molecule has 1 heterocycles. The number of carbonyl (C=O) groups excluding carboxylic acids is 2. The van der Waals surface area contributed by atoms with Gasteiger partial charge >= 0.3 is 0 Å².